The number of nitrogens with zero attached hydrogens (tertiary/aromatic N) is 2. The molecule has 3 heterocycles. The van der Waals surface area contributed by atoms with Crippen molar-refractivity contribution in [1.29, 1.82) is 0 Å². The number of pyridine rings is 1. The van der Waals surface area contributed by atoms with Gasteiger partial charge in [0.1, 0.15) is 17.6 Å². The topological polar surface area (TPSA) is 165 Å². The molecule has 3 aromatic heterocycles. The Labute approximate surface area is 331 Å². The van der Waals surface area contributed by atoms with Crippen LogP contribution in [0.4, 0.5) is 9.41 Å². The molecule has 0 radical (unpaired) electrons. The number of carbonyl (C=O) groups excluding carboxylic acids is 2. The molecule has 1 saturated carbocycles. The van der Waals surface area contributed by atoms with Crippen molar-refractivity contribution in [3.63, 3.8) is 0 Å². The number of thiophene rings is 2. The number of halogens is 2. The number of likely N-dealkylation sites (N-methyl/N-ethyl adjacent to an activating group) is 2. The van der Waals surface area contributed by atoms with Crippen LogP contribution in [0, 0.1) is 0 Å². The molecule has 1 fully saturated rings. The third kappa shape index (κ3) is 10.4. The lowest BCUT2D eigenvalue weighted by atomic mass is 9.91. The van der Waals surface area contributed by atoms with E-state index in [0.717, 1.165) is 18.4 Å². The van der Waals surface area contributed by atoms with Crippen LogP contribution in [-0.2, 0) is 26.5 Å². The third-order valence-electron chi connectivity index (χ3n) is 10.0. The molecule has 0 saturated heterocycles. The minimum Gasteiger partial charge on any atom is -0.506 e. The summed E-state index contributed by atoms with van der Waals surface area (Å²) >= 11 is 2.66. The van der Waals surface area contributed by atoms with Gasteiger partial charge in [-0.05, 0) is 91.0 Å². The van der Waals surface area contributed by atoms with Gasteiger partial charge >= 0.3 is 5.97 Å². The van der Waals surface area contributed by atoms with Crippen LogP contribution in [-0.4, -0.2) is 94.5 Å². The van der Waals surface area contributed by atoms with Crippen molar-refractivity contribution in [2.24, 2.45) is 0 Å². The first-order valence-corrected chi connectivity index (χ1v) is 19.7. The summed E-state index contributed by atoms with van der Waals surface area (Å²) in [6.07, 6.45) is 1.96. The maximum absolute atomic E-state index is 13.4. The van der Waals surface area contributed by atoms with E-state index in [9.17, 15) is 29.7 Å². The third-order valence-corrected chi connectivity index (χ3v) is 12.0. The van der Waals surface area contributed by atoms with Gasteiger partial charge < -0.3 is 44.9 Å². The SMILES string of the molecule is CN(CCN(C)C1CCC(OC(=O)C(O)(c2cccs2)c2cccs2)CC1)C(=O)COc1ccc(CNC[C@H](O)c2ccc(O)c3[nH]c(=O)ccc23)cc1.F.F. The smallest absolute Gasteiger partial charge is 0.349 e. The van der Waals surface area contributed by atoms with Gasteiger partial charge in [0.15, 0.2) is 6.61 Å². The van der Waals surface area contributed by atoms with Crippen molar-refractivity contribution in [3.8, 4) is 11.5 Å². The number of carbonyl (C=O) groups is 2. The number of aromatic hydroxyl groups is 1. The number of esters is 1. The summed E-state index contributed by atoms with van der Waals surface area (Å²) in [6, 6.07) is 20.9. The fraction of sp³-hybridized carbons (Fsp3) is 0.375. The first-order chi connectivity index (χ1) is 26.0. The Morgan fingerprint density at radius 3 is 2.21 bits per heavy atom. The number of hydrogen-bond donors (Lipinski definition) is 5. The number of ether oxygens (including phenoxy) is 2. The van der Waals surface area contributed by atoms with E-state index in [4.69, 9.17) is 9.47 Å². The molecule has 1 amide bonds. The van der Waals surface area contributed by atoms with Gasteiger partial charge in [0.05, 0.1) is 21.4 Å². The van der Waals surface area contributed by atoms with Gasteiger partial charge in [-0.3, -0.25) is 19.0 Å². The van der Waals surface area contributed by atoms with Crippen molar-refractivity contribution in [2.45, 2.75) is 56.1 Å². The second-order valence-electron chi connectivity index (χ2n) is 13.7. The molecule has 0 spiro atoms. The normalized spacial score (nSPS) is 16.1. The fourth-order valence-electron chi connectivity index (χ4n) is 6.72. The molecule has 5 N–H and O–H groups in total. The van der Waals surface area contributed by atoms with Crippen LogP contribution in [0.3, 0.4) is 0 Å². The van der Waals surface area contributed by atoms with Crippen molar-refractivity contribution in [1.82, 2.24) is 20.1 Å². The largest absolute Gasteiger partial charge is 0.506 e. The predicted molar refractivity (Wildman–Crippen MR) is 214 cm³/mol. The van der Waals surface area contributed by atoms with Crippen LogP contribution in [0.2, 0.25) is 0 Å². The van der Waals surface area contributed by atoms with Gasteiger partial charge in [-0.25, -0.2) is 4.79 Å². The lowest BCUT2D eigenvalue weighted by Crippen LogP contribution is -2.44. The van der Waals surface area contributed by atoms with Gasteiger partial charge in [-0.2, -0.15) is 0 Å². The van der Waals surface area contributed by atoms with Gasteiger partial charge in [0.25, 0.3) is 5.91 Å². The van der Waals surface area contributed by atoms with Crippen LogP contribution < -0.4 is 15.6 Å². The molecule has 0 unspecified atom stereocenters. The Kier molecular flexibility index (Phi) is 15.7. The second kappa shape index (κ2) is 19.9. The number of benzene rings is 2. The van der Waals surface area contributed by atoms with E-state index in [1.54, 1.807) is 48.3 Å². The van der Waals surface area contributed by atoms with Gasteiger partial charge in [0.2, 0.25) is 11.2 Å². The molecule has 1 atom stereocenters. The van der Waals surface area contributed by atoms with Crippen molar-refractivity contribution >= 4 is 45.5 Å². The number of aliphatic hydroxyl groups excluding tert-OH is 1. The minimum absolute atomic E-state index is 0. The number of phenolic OH excluding ortho intramolecular Hbond substituents is 1. The van der Waals surface area contributed by atoms with E-state index in [-0.39, 0.29) is 45.9 Å². The van der Waals surface area contributed by atoms with Crippen molar-refractivity contribution in [2.75, 3.05) is 40.3 Å². The number of fused-ring (bicyclic) bond motifs is 1. The molecule has 1 aliphatic rings. The average molecular weight is 815 g/mol. The van der Waals surface area contributed by atoms with Crippen LogP contribution in [0.15, 0.2) is 88.4 Å². The molecular weight excluding hydrogens is 767 g/mol. The Hall–Kier alpha value is -4.71. The second-order valence-corrected chi connectivity index (χ2v) is 15.6. The number of aliphatic hydroxyl groups is 2. The quantitative estimate of drug-likeness (QED) is 0.0853. The number of H-pyrrole nitrogens is 1. The molecule has 302 valence electrons. The van der Waals surface area contributed by atoms with E-state index in [1.165, 1.54) is 34.8 Å². The highest BCUT2D eigenvalue weighted by atomic mass is 32.1. The average Bonchev–Trinajstić information content (AvgIpc) is 3.93. The molecule has 16 heteroatoms. The van der Waals surface area contributed by atoms with E-state index in [2.05, 4.69) is 15.2 Å². The number of aromatic nitrogens is 1. The molecule has 0 bridgehead atoms. The number of aromatic amines is 1. The Morgan fingerprint density at radius 2 is 1.59 bits per heavy atom. The highest BCUT2D eigenvalue weighted by molar-refractivity contribution is 7.12. The van der Waals surface area contributed by atoms with E-state index < -0.39 is 17.7 Å². The number of nitrogens with one attached hydrogen (secondary N) is 2. The van der Waals surface area contributed by atoms with Gasteiger partial charge in [-0.15, -0.1) is 22.7 Å². The molecule has 1 aliphatic carbocycles. The van der Waals surface area contributed by atoms with Crippen LogP contribution >= 0.6 is 22.7 Å². The molecule has 2 aromatic carbocycles. The predicted octanol–water partition coefficient (Wildman–Crippen LogP) is 5.04. The van der Waals surface area contributed by atoms with Crippen LogP contribution in [0.1, 0.15) is 52.7 Å². The standard InChI is InChI=1S/C40H46N4O8S2.2FH/c1-43(27-9-13-29(14-10-27)52-39(49)40(50,34-5-3-21-53-34)35-6-4-22-54-35)19-20-44(2)37(48)25-51-28-11-7-26(8-12-28)23-41-24-33(46)30-15-17-32(45)38-31(30)16-18-36(47)42-38;;/h3-8,11-12,15-18,21-22,27,29,33,41,45-46,50H,9-10,13-14,19-20,23-25H2,1-2H3,(H,42,47);2*1H/t27?,29?,33-;;/m0../s1. The Bertz CT molecular complexity index is 2020. The van der Waals surface area contributed by atoms with Crippen LogP contribution in [0.25, 0.3) is 10.9 Å². The highest BCUT2D eigenvalue weighted by Gasteiger charge is 2.45. The number of hydrogen-bond acceptors (Lipinski definition) is 12. The first-order valence-electron chi connectivity index (χ1n) is 17.9. The summed E-state index contributed by atoms with van der Waals surface area (Å²) in [5, 5.41) is 39.9. The van der Waals surface area contributed by atoms with E-state index in [1.807, 2.05) is 42.1 Å². The van der Waals surface area contributed by atoms with E-state index >= 15 is 0 Å². The summed E-state index contributed by atoms with van der Waals surface area (Å²) < 4.78 is 11.7. The number of amides is 1. The molecule has 12 nitrogen and oxygen atoms in total. The fourth-order valence-corrected chi connectivity index (χ4v) is 8.43. The summed E-state index contributed by atoms with van der Waals surface area (Å²) in [5.41, 5.74) is -0.289. The van der Waals surface area contributed by atoms with E-state index in [0.29, 0.717) is 70.5 Å². The molecule has 0 aliphatic heterocycles. The van der Waals surface area contributed by atoms with Gasteiger partial charge in [0, 0.05) is 50.7 Å². The molecule has 56 heavy (non-hydrogen) atoms. The first kappa shape index (κ1) is 44.0. The highest BCUT2D eigenvalue weighted by Crippen LogP contribution is 2.38. The maximum atomic E-state index is 13.4. The molecule has 6 rings (SSSR count). The lowest BCUT2D eigenvalue weighted by molar-refractivity contribution is -0.169. The summed E-state index contributed by atoms with van der Waals surface area (Å²) in [6.45, 7) is 1.88. The zero-order valence-corrected chi connectivity index (χ0v) is 32.7. The molecule has 5 aromatic rings. The molecular formula is C40H48F2N4O8S2. The summed E-state index contributed by atoms with van der Waals surface area (Å²) in [4.78, 5) is 45.5. The van der Waals surface area contributed by atoms with Crippen molar-refractivity contribution in [3.05, 3.63) is 115 Å². The minimum atomic E-state index is -1.80. The lowest BCUT2D eigenvalue weighted by Gasteiger charge is -2.36. The van der Waals surface area contributed by atoms with Crippen molar-refractivity contribution < 1.29 is 43.8 Å². The Balaban J connectivity index is 0.00000348. The number of rotatable bonds is 16. The summed E-state index contributed by atoms with van der Waals surface area (Å²) in [5.74, 6) is -0.245. The van der Waals surface area contributed by atoms with Crippen LogP contribution in [0.5, 0.6) is 11.5 Å². The maximum Gasteiger partial charge on any atom is 0.349 e. The monoisotopic (exact) mass is 814 g/mol. The van der Waals surface area contributed by atoms with Gasteiger partial charge in [-0.1, -0.05) is 30.3 Å². The Morgan fingerprint density at radius 1 is 0.929 bits per heavy atom. The number of phenols is 1. The zero-order valence-electron chi connectivity index (χ0n) is 31.1. The zero-order chi connectivity index (χ0) is 38.2. The summed E-state index contributed by atoms with van der Waals surface area (Å²) in [7, 11) is 3.81.